The van der Waals surface area contributed by atoms with Crippen LogP contribution in [0.4, 0.5) is 22.0 Å². The second kappa shape index (κ2) is 3.32. The summed E-state index contributed by atoms with van der Waals surface area (Å²) in [4.78, 5) is 12.2. The van der Waals surface area contributed by atoms with Crippen LogP contribution in [-0.4, -0.2) is 11.2 Å². The highest BCUT2D eigenvalue weighted by molar-refractivity contribution is 5.19. The smallest absolute Gasteiger partial charge is 0.321 e. The average molecular weight is 227 g/mol. The zero-order valence-corrected chi connectivity index (χ0v) is 7.45. The Balaban J connectivity index is 3.33. The lowest BCUT2D eigenvalue weighted by atomic mass is 10.1. The van der Waals surface area contributed by atoms with Crippen molar-refractivity contribution in [1.29, 1.82) is 0 Å². The topological polar surface area (TPSA) is 32.9 Å². The van der Waals surface area contributed by atoms with Crippen LogP contribution in [0.1, 0.15) is 11.3 Å². The highest BCUT2D eigenvalue weighted by atomic mass is 19.4. The summed E-state index contributed by atoms with van der Waals surface area (Å²) in [6.45, 7) is 1.26. The maximum atomic E-state index is 12.7. The lowest BCUT2D eigenvalue weighted by Gasteiger charge is -2.19. The summed E-state index contributed by atoms with van der Waals surface area (Å²) in [6.07, 6.45) is -5.72. The first-order valence-electron chi connectivity index (χ1n) is 3.80. The predicted octanol–water partition coefficient (Wildman–Crippen LogP) is 2.34. The first-order chi connectivity index (χ1) is 6.64. The molecular formula is C8H6F5NO. The fourth-order valence-corrected chi connectivity index (χ4v) is 1.00. The van der Waals surface area contributed by atoms with Gasteiger partial charge in [0.2, 0.25) is 5.56 Å². The fourth-order valence-electron chi connectivity index (χ4n) is 1.00. The van der Waals surface area contributed by atoms with Gasteiger partial charge < -0.3 is 4.98 Å². The molecule has 1 aromatic heterocycles. The molecule has 0 aliphatic rings. The zero-order valence-electron chi connectivity index (χ0n) is 7.45. The Hall–Kier alpha value is -1.40. The molecule has 0 aliphatic carbocycles. The van der Waals surface area contributed by atoms with Crippen LogP contribution >= 0.6 is 0 Å². The molecule has 1 N–H and O–H groups in total. The number of aromatic nitrogens is 1. The number of hydrogen-bond donors (Lipinski definition) is 1. The number of aryl methyl sites for hydroxylation is 1. The van der Waals surface area contributed by atoms with Crippen LogP contribution < -0.4 is 5.56 Å². The van der Waals surface area contributed by atoms with Gasteiger partial charge in [0.25, 0.3) is 0 Å². The number of nitrogens with one attached hydrogen (secondary N) is 1. The summed E-state index contributed by atoms with van der Waals surface area (Å²) in [5.41, 5.74) is -2.40. The zero-order chi connectivity index (χ0) is 11.9. The fraction of sp³-hybridized carbons (Fsp3) is 0.375. The van der Waals surface area contributed by atoms with Crippen LogP contribution in [0.15, 0.2) is 16.9 Å². The van der Waals surface area contributed by atoms with Crippen molar-refractivity contribution in [3.8, 4) is 0 Å². The second-order valence-electron chi connectivity index (χ2n) is 3.01. The van der Waals surface area contributed by atoms with Crippen molar-refractivity contribution < 1.29 is 22.0 Å². The molecule has 0 unspecified atom stereocenters. The molecule has 0 aromatic carbocycles. The quantitative estimate of drug-likeness (QED) is 0.734. The molecule has 0 amide bonds. The summed E-state index contributed by atoms with van der Waals surface area (Å²) in [5, 5.41) is 0. The molecular weight excluding hydrogens is 221 g/mol. The molecule has 0 saturated heterocycles. The second-order valence-corrected chi connectivity index (χ2v) is 3.01. The van der Waals surface area contributed by atoms with E-state index in [0.29, 0.717) is 6.07 Å². The van der Waals surface area contributed by atoms with Gasteiger partial charge in [0.15, 0.2) is 0 Å². The van der Waals surface area contributed by atoms with Crippen molar-refractivity contribution in [2.24, 2.45) is 0 Å². The van der Waals surface area contributed by atoms with Gasteiger partial charge in [0.05, 0.1) is 5.69 Å². The van der Waals surface area contributed by atoms with E-state index in [1.54, 1.807) is 0 Å². The van der Waals surface area contributed by atoms with Crippen molar-refractivity contribution in [2.75, 3.05) is 0 Å². The van der Waals surface area contributed by atoms with Gasteiger partial charge in [-0.05, 0) is 18.6 Å². The molecule has 0 spiro atoms. The van der Waals surface area contributed by atoms with E-state index < -0.39 is 23.4 Å². The van der Waals surface area contributed by atoms with Crippen LogP contribution in [0.5, 0.6) is 0 Å². The van der Waals surface area contributed by atoms with E-state index in [9.17, 15) is 26.7 Å². The number of aromatic amines is 1. The molecule has 0 bridgehead atoms. The van der Waals surface area contributed by atoms with E-state index in [1.165, 1.54) is 11.9 Å². The van der Waals surface area contributed by atoms with E-state index >= 15 is 0 Å². The average Bonchev–Trinajstić information content (AvgIpc) is 1.99. The van der Waals surface area contributed by atoms with Crippen LogP contribution in [0, 0.1) is 6.92 Å². The van der Waals surface area contributed by atoms with E-state index in [-0.39, 0.29) is 5.56 Å². The SMILES string of the molecule is Cc1cc(C(F)(F)C(F)(F)F)[nH]c(=O)c1. The van der Waals surface area contributed by atoms with Crippen LogP contribution in [0.25, 0.3) is 0 Å². The van der Waals surface area contributed by atoms with Gasteiger partial charge in [0, 0.05) is 6.07 Å². The Morgan fingerprint density at radius 3 is 2.07 bits per heavy atom. The normalized spacial score (nSPS) is 12.9. The largest absolute Gasteiger partial charge is 0.459 e. The third kappa shape index (κ3) is 2.16. The van der Waals surface area contributed by atoms with Gasteiger partial charge in [-0.3, -0.25) is 4.79 Å². The Labute approximate surface area is 80.7 Å². The third-order valence-corrected chi connectivity index (χ3v) is 1.68. The van der Waals surface area contributed by atoms with Gasteiger partial charge in [-0.15, -0.1) is 0 Å². The number of alkyl halides is 5. The molecule has 0 radical (unpaired) electrons. The van der Waals surface area contributed by atoms with Gasteiger partial charge >= 0.3 is 12.1 Å². The first-order valence-corrected chi connectivity index (χ1v) is 3.80. The molecule has 2 nitrogen and oxygen atoms in total. The highest BCUT2D eigenvalue weighted by Gasteiger charge is 2.59. The van der Waals surface area contributed by atoms with Gasteiger partial charge in [-0.1, -0.05) is 0 Å². The van der Waals surface area contributed by atoms with Crippen LogP contribution in [0.2, 0.25) is 0 Å². The van der Waals surface area contributed by atoms with Crippen molar-refractivity contribution in [1.82, 2.24) is 4.98 Å². The van der Waals surface area contributed by atoms with E-state index in [0.717, 1.165) is 6.07 Å². The maximum absolute atomic E-state index is 12.7. The molecule has 0 fully saturated rings. The van der Waals surface area contributed by atoms with Gasteiger partial charge in [0.1, 0.15) is 0 Å². The van der Waals surface area contributed by atoms with E-state index in [1.807, 2.05) is 0 Å². The van der Waals surface area contributed by atoms with Gasteiger partial charge in [-0.25, -0.2) is 0 Å². The molecule has 1 aromatic rings. The Bertz CT molecular complexity index is 420. The number of halogens is 5. The van der Waals surface area contributed by atoms with Crippen LogP contribution in [-0.2, 0) is 5.92 Å². The molecule has 1 heterocycles. The maximum Gasteiger partial charge on any atom is 0.459 e. The van der Waals surface area contributed by atoms with Crippen molar-refractivity contribution in [3.63, 3.8) is 0 Å². The van der Waals surface area contributed by atoms with Gasteiger partial charge in [-0.2, -0.15) is 22.0 Å². The summed E-state index contributed by atoms with van der Waals surface area (Å²) in [7, 11) is 0. The molecule has 0 saturated carbocycles. The minimum Gasteiger partial charge on any atom is -0.321 e. The van der Waals surface area contributed by atoms with E-state index in [2.05, 4.69) is 0 Å². The predicted molar refractivity (Wildman–Crippen MR) is 41.7 cm³/mol. The number of pyridine rings is 1. The number of hydrogen-bond acceptors (Lipinski definition) is 1. The van der Waals surface area contributed by atoms with Crippen molar-refractivity contribution >= 4 is 0 Å². The van der Waals surface area contributed by atoms with E-state index in [4.69, 9.17) is 0 Å². The Morgan fingerprint density at radius 1 is 1.13 bits per heavy atom. The number of H-pyrrole nitrogens is 1. The first kappa shape index (κ1) is 11.7. The molecule has 1 rings (SSSR count). The molecule has 0 atom stereocenters. The minimum atomic E-state index is -5.72. The van der Waals surface area contributed by atoms with Crippen LogP contribution in [0.3, 0.4) is 0 Å². The van der Waals surface area contributed by atoms with Crippen molar-refractivity contribution in [2.45, 2.75) is 19.0 Å². The molecule has 15 heavy (non-hydrogen) atoms. The third-order valence-electron chi connectivity index (χ3n) is 1.68. The number of rotatable bonds is 1. The molecule has 84 valence electrons. The standard InChI is InChI=1S/C8H6F5NO/c1-4-2-5(14-6(15)3-4)7(9,10)8(11,12)13/h2-3H,1H3,(H,14,15). The minimum absolute atomic E-state index is 0.0395. The molecule has 7 heteroatoms. The Morgan fingerprint density at radius 2 is 1.67 bits per heavy atom. The summed E-state index contributed by atoms with van der Waals surface area (Å²) in [6, 6.07) is 1.52. The lowest BCUT2D eigenvalue weighted by molar-refractivity contribution is -0.291. The summed E-state index contributed by atoms with van der Waals surface area (Å²) >= 11 is 0. The Kier molecular flexibility index (Phi) is 2.58. The summed E-state index contributed by atoms with van der Waals surface area (Å²) < 4.78 is 61.2. The highest BCUT2D eigenvalue weighted by Crippen LogP contribution is 2.42. The molecule has 0 aliphatic heterocycles. The van der Waals surface area contributed by atoms with Crippen molar-refractivity contribution in [3.05, 3.63) is 33.7 Å². The lowest BCUT2D eigenvalue weighted by Crippen LogP contribution is -2.35. The monoisotopic (exact) mass is 227 g/mol. The summed E-state index contributed by atoms with van der Waals surface area (Å²) in [5.74, 6) is -5.04.